The lowest BCUT2D eigenvalue weighted by atomic mass is 9.79. The van der Waals surface area contributed by atoms with E-state index in [-0.39, 0.29) is 5.41 Å². The van der Waals surface area contributed by atoms with Gasteiger partial charge in [0.05, 0.1) is 5.41 Å². The number of amides is 1. The predicted octanol–water partition coefficient (Wildman–Crippen LogP) is 0.774. The van der Waals surface area contributed by atoms with Crippen molar-refractivity contribution >= 4 is 5.91 Å². The number of carbonyl (C=O) groups excluding carboxylic acids is 1. The molecular weight excluding hydrogens is 176 g/mol. The molecule has 0 aromatic heterocycles. The standard InChI is InChI=1S/C11H18N2O/c1-2-7-13-8-5-11(10(13)14)4-3-6-12-9-11/h2,12H,1,3-9H2/t11-/m0/s1. The van der Waals surface area contributed by atoms with E-state index >= 15 is 0 Å². The van der Waals surface area contributed by atoms with Gasteiger partial charge in [0, 0.05) is 19.6 Å². The molecule has 2 aliphatic rings. The van der Waals surface area contributed by atoms with E-state index in [1.54, 1.807) is 0 Å². The predicted molar refractivity (Wildman–Crippen MR) is 55.9 cm³/mol. The van der Waals surface area contributed by atoms with E-state index in [0.29, 0.717) is 12.5 Å². The molecule has 0 unspecified atom stereocenters. The van der Waals surface area contributed by atoms with Gasteiger partial charge in [0.1, 0.15) is 0 Å². The molecule has 0 aromatic carbocycles. The monoisotopic (exact) mass is 194 g/mol. The van der Waals surface area contributed by atoms with Crippen LogP contribution in [0.15, 0.2) is 12.7 Å². The number of nitrogens with one attached hydrogen (secondary N) is 1. The molecule has 0 bridgehead atoms. The molecule has 0 aliphatic carbocycles. The second-order valence-corrected chi connectivity index (χ2v) is 4.35. The summed E-state index contributed by atoms with van der Waals surface area (Å²) in [6, 6.07) is 0. The number of rotatable bonds is 2. The van der Waals surface area contributed by atoms with Crippen molar-refractivity contribution in [1.82, 2.24) is 10.2 Å². The molecule has 1 amide bonds. The number of nitrogens with zero attached hydrogens (tertiary/aromatic N) is 1. The molecule has 2 heterocycles. The fourth-order valence-electron chi connectivity index (χ4n) is 2.59. The van der Waals surface area contributed by atoms with Crippen LogP contribution in [0.4, 0.5) is 0 Å². The van der Waals surface area contributed by atoms with E-state index in [1.807, 2.05) is 11.0 Å². The van der Waals surface area contributed by atoms with Gasteiger partial charge < -0.3 is 10.2 Å². The maximum atomic E-state index is 12.1. The Labute approximate surface area is 85.2 Å². The molecule has 3 heteroatoms. The van der Waals surface area contributed by atoms with Crippen molar-refractivity contribution in [3.63, 3.8) is 0 Å². The van der Waals surface area contributed by atoms with E-state index < -0.39 is 0 Å². The Balaban J connectivity index is 2.07. The van der Waals surface area contributed by atoms with E-state index in [9.17, 15) is 4.79 Å². The molecule has 2 saturated heterocycles. The Kier molecular flexibility index (Phi) is 2.59. The van der Waals surface area contributed by atoms with Crippen molar-refractivity contribution in [3.05, 3.63) is 12.7 Å². The molecule has 1 spiro atoms. The van der Waals surface area contributed by atoms with Gasteiger partial charge in [-0.25, -0.2) is 0 Å². The molecule has 3 nitrogen and oxygen atoms in total. The molecule has 1 atom stereocenters. The van der Waals surface area contributed by atoms with Gasteiger partial charge in [-0.1, -0.05) is 6.08 Å². The van der Waals surface area contributed by atoms with Crippen LogP contribution in [0.25, 0.3) is 0 Å². The van der Waals surface area contributed by atoms with Crippen molar-refractivity contribution in [2.24, 2.45) is 5.41 Å². The minimum atomic E-state index is -0.0682. The van der Waals surface area contributed by atoms with Gasteiger partial charge in [-0.05, 0) is 25.8 Å². The summed E-state index contributed by atoms with van der Waals surface area (Å²) in [4.78, 5) is 14.0. The van der Waals surface area contributed by atoms with Gasteiger partial charge in [-0.3, -0.25) is 4.79 Å². The van der Waals surface area contributed by atoms with Crippen LogP contribution in [0.3, 0.4) is 0 Å². The van der Waals surface area contributed by atoms with Gasteiger partial charge in [0.15, 0.2) is 0 Å². The van der Waals surface area contributed by atoms with E-state index in [2.05, 4.69) is 11.9 Å². The summed E-state index contributed by atoms with van der Waals surface area (Å²) in [7, 11) is 0. The zero-order valence-electron chi connectivity index (χ0n) is 8.59. The number of likely N-dealkylation sites (tertiary alicyclic amines) is 1. The van der Waals surface area contributed by atoms with Gasteiger partial charge in [0.2, 0.25) is 5.91 Å². The minimum Gasteiger partial charge on any atom is -0.338 e. The lowest BCUT2D eigenvalue weighted by molar-refractivity contribution is -0.136. The van der Waals surface area contributed by atoms with Gasteiger partial charge in [0.25, 0.3) is 0 Å². The highest BCUT2D eigenvalue weighted by atomic mass is 16.2. The number of hydrogen-bond acceptors (Lipinski definition) is 2. The van der Waals surface area contributed by atoms with Crippen molar-refractivity contribution in [2.45, 2.75) is 19.3 Å². The Morgan fingerprint density at radius 1 is 1.57 bits per heavy atom. The molecule has 0 saturated carbocycles. The van der Waals surface area contributed by atoms with E-state index in [4.69, 9.17) is 0 Å². The molecule has 0 aromatic rings. The SMILES string of the molecule is C=CCN1CC[C@]2(CCCNC2)C1=O. The summed E-state index contributed by atoms with van der Waals surface area (Å²) in [6.07, 6.45) is 5.03. The van der Waals surface area contributed by atoms with Crippen LogP contribution in [-0.4, -0.2) is 37.0 Å². The second kappa shape index (κ2) is 3.73. The molecular formula is C11H18N2O. The molecule has 14 heavy (non-hydrogen) atoms. The molecule has 0 radical (unpaired) electrons. The van der Waals surface area contributed by atoms with Crippen LogP contribution in [-0.2, 0) is 4.79 Å². The smallest absolute Gasteiger partial charge is 0.230 e. The molecule has 2 rings (SSSR count). The summed E-state index contributed by atoms with van der Waals surface area (Å²) < 4.78 is 0. The Bertz CT molecular complexity index is 244. The average molecular weight is 194 g/mol. The highest BCUT2D eigenvalue weighted by Crippen LogP contribution is 2.37. The zero-order valence-corrected chi connectivity index (χ0v) is 8.59. The van der Waals surface area contributed by atoms with Crippen molar-refractivity contribution in [2.75, 3.05) is 26.2 Å². The first-order valence-corrected chi connectivity index (χ1v) is 5.39. The van der Waals surface area contributed by atoms with Crippen LogP contribution in [0.2, 0.25) is 0 Å². The quantitative estimate of drug-likeness (QED) is 0.659. The van der Waals surface area contributed by atoms with Crippen molar-refractivity contribution in [1.29, 1.82) is 0 Å². The summed E-state index contributed by atoms with van der Waals surface area (Å²) in [5.41, 5.74) is -0.0682. The Morgan fingerprint density at radius 2 is 2.43 bits per heavy atom. The number of hydrogen-bond donors (Lipinski definition) is 1. The lowest BCUT2D eigenvalue weighted by Crippen LogP contribution is -2.45. The van der Waals surface area contributed by atoms with Gasteiger partial charge in [-0.2, -0.15) is 0 Å². The topological polar surface area (TPSA) is 32.3 Å². The van der Waals surface area contributed by atoms with Crippen molar-refractivity contribution in [3.8, 4) is 0 Å². The van der Waals surface area contributed by atoms with Crippen LogP contribution in [0.5, 0.6) is 0 Å². The largest absolute Gasteiger partial charge is 0.338 e. The summed E-state index contributed by atoms with van der Waals surface area (Å²) in [5.74, 6) is 0.338. The number of piperidine rings is 1. The summed E-state index contributed by atoms with van der Waals surface area (Å²) in [6.45, 7) is 7.24. The lowest BCUT2D eigenvalue weighted by Gasteiger charge is -2.32. The maximum Gasteiger partial charge on any atom is 0.230 e. The molecule has 78 valence electrons. The van der Waals surface area contributed by atoms with Crippen LogP contribution < -0.4 is 5.32 Å². The summed E-state index contributed by atoms with van der Waals surface area (Å²) >= 11 is 0. The first-order chi connectivity index (χ1) is 6.78. The average Bonchev–Trinajstić information content (AvgIpc) is 2.50. The Morgan fingerprint density at radius 3 is 3.07 bits per heavy atom. The molecule has 1 N–H and O–H groups in total. The number of carbonyl (C=O) groups is 1. The van der Waals surface area contributed by atoms with E-state index in [0.717, 1.165) is 38.9 Å². The second-order valence-electron chi connectivity index (χ2n) is 4.35. The van der Waals surface area contributed by atoms with Gasteiger partial charge in [-0.15, -0.1) is 6.58 Å². The van der Waals surface area contributed by atoms with Crippen molar-refractivity contribution < 1.29 is 4.79 Å². The fraction of sp³-hybridized carbons (Fsp3) is 0.727. The molecule has 2 fully saturated rings. The Hall–Kier alpha value is -0.830. The first-order valence-electron chi connectivity index (χ1n) is 5.39. The minimum absolute atomic E-state index is 0.0682. The third kappa shape index (κ3) is 1.46. The maximum absolute atomic E-state index is 12.1. The molecule has 2 aliphatic heterocycles. The van der Waals surface area contributed by atoms with Crippen LogP contribution >= 0.6 is 0 Å². The third-order valence-corrected chi connectivity index (χ3v) is 3.42. The normalized spacial score (nSPS) is 32.6. The van der Waals surface area contributed by atoms with Gasteiger partial charge >= 0.3 is 0 Å². The van der Waals surface area contributed by atoms with Crippen LogP contribution in [0, 0.1) is 5.41 Å². The first kappa shape index (κ1) is 9.71. The summed E-state index contributed by atoms with van der Waals surface area (Å²) in [5, 5.41) is 3.34. The zero-order chi connectivity index (χ0) is 10.0. The van der Waals surface area contributed by atoms with E-state index in [1.165, 1.54) is 0 Å². The third-order valence-electron chi connectivity index (χ3n) is 3.42. The highest BCUT2D eigenvalue weighted by molar-refractivity contribution is 5.85. The van der Waals surface area contributed by atoms with Crippen LogP contribution in [0.1, 0.15) is 19.3 Å². The fourth-order valence-corrected chi connectivity index (χ4v) is 2.59. The highest BCUT2D eigenvalue weighted by Gasteiger charge is 2.46.